The zero-order valence-corrected chi connectivity index (χ0v) is 12.1. The van der Waals surface area contributed by atoms with Crippen LogP contribution < -0.4 is 0 Å². The number of benzene rings is 2. The van der Waals surface area contributed by atoms with Gasteiger partial charge >= 0.3 is 0 Å². The van der Waals surface area contributed by atoms with Crippen molar-refractivity contribution in [1.29, 1.82) is 0 Å². The molecule has 1 unspecified atom stereocenters. The molecule has 1 aliphatic carbocycles. The third kappa shape index (κ3) is 1.97. The van der Waals surface area contributed by atoms with Gasteiger partial charge in [-0.1, -0.05) is 67.6 Å². The minimum atomic E-state index is 0.483. The van der Waals surface area contributed by atoms with Gasteiger partial charge in [-0.15, -0.1) is 0 Å². The monoisotopic (exact) mass is 271 g/mol. The predicted molar refractivity (Wildman–Crippen MR) is 89.2 cm³/mol. The number of fused-ring (bicyclic) bond motifs is 2. The second kappa shape index (κ2) is 4.85. The highest BCUT2D eigenvalue weighted by Crippen LogP contribution is 2.39. The van der Waals surface area contributed by atoms with Crippen LogP contribution in [0, 0.1) is 0 Å². The van der Waals surface area contributed by atoms with Gasteiger partial charge < -0.3 is 0 Å². The average molecular weight is 271 g/mol. The lowest BCUT2D eigenvalue weighted by molar-refractivity contribution is 0.745. The summed E-state index contributed by atoms with van der Waals surface area (Å²) in [6.07, 6.45) is 5.60. The Kier molecular flexibility index (Phi) is 2.85. The van der Waals surface area contributed by atoms with E-state index in [1.807, 2.05) is 0 Å². The molecule has 1 atom stereocenters. The molecule has 0 bridgehead atoms. The molecule has 21 heavy (non-hydrogen) atoms. The van der Waals surface area contributed by atoms with Crippen molar-refractivity contribution >= 4 is 17.0 Å². The van der Waals surface area contributed by atoms with E-state index in [1.54, 1.807) is 0 Å². The summed E-state index contributed by atoms with van der Waals surface area (Å²) in [5.74, 6) is 0.483. The van der Waals surface area contributed by atoms with Crippen LogP contribution in [0.2, 0.25) is 0 Å². The summed E-state index contributed by atoms with van der Waals surface area (Å²) in [5, 5.41) is 1.24. The molecule has 102 valence electrons. The van der Waals surface area contributed by atoms with E-state index in [1.165, 1.54) is 27.8 Å². The number of para-hydroxylation sites is 1. The van der Waals surface area contributed by atoms with E-state index < -0.39 is 0 Å². The van der Waals surface area contributed by atoms with Crippen LogP contribution in [0.15, 0.2) is 60.7 Å². The number of aromatic nitrogens is 1. The fraction of sp³-hybridized carbons (Fsp3) is 0.150. The summed E-state index contributed by atoms with van der Waals surface area (Å²) >= 11 is 0. The van der Waals surface area contributed by atoms with Crippen molar-refractivity contribution in [3.05, 3.63) is 71.9 Å². The maximum absolute atomic E-state index is 4.93. The molecule has 1 heteroatoms. The molecule has 0 aliphatic heterocycles. The van der Waals surface area contributed by atoms with Crippen LogP contribution in [-0.2, 0) is 0 Å². The van der Waals surface area contributed by atoms with E-state index in [0.717, 1.165) is 11.9 Å². The molecule has 0 fully saturated rings. The van der Waals surface area contributed by atoms with Crippen molar-refractivity contribution in [2.75, 3.05) is 0 Å². The molecular weight excluding hydrogens is 254 g/mol. The topological polar surface area (TPSA) is 12.9 Å². The Bertz CT molecular complexity index is 831. The molecule has 1 aliphatic rings. The first-order valence-electron chi connectivity index (χ1n) is 7.49. The molecule has 1 nitrogen and oxygen atoms in total. The first kappa shape index (κ1) is 12.3. The highest BCUT2D eigenvalue weighted by atomic mass is 14.7. The van der Waals surface area contributed by atoms with Crippen molar-refractivity contribution < 1.29 is 0 Å². The first-order valence-corrected chi connectivity index (χ1v) is 7.49. The van der Waals surface area contributed by atoms with Crippen LogP contribution in [0.3, 0.4) is 0 Å². The van der Waals surface area contributed by atoms with E-state index in [2.05, 4.69) is 73.7 Å². The number of allylic oxidation sites excluding steroid dienone is 1. The minimum absolute atomic E-state index is 0.483. The van der Waals surface area contributed by atoms with Gasteiger partial charge in [0.2, 0.25) is 0 Å². The summed E-state index contributed by atoms with van der Waals surface area (Å²) in [6, 6.07) is 19.1. The van der Waals surface area contributed by atoms with Crippen LogP contribution in [0.1, 0.15) is 30.5 Å². The number of hydrogen-bond donors (Lipinski definition) is 0. The lowest BCUT2D eigenvalue weighted by Gasteiger charge is -2.21. The summed E-state index contributed by atoms with van der Waals surface area (Å²) < 4.78 is 0. The van der Waals surface area contributed by atoms with Gasteiger partial charge in [0.05, 0.1) is 11.2 Å². The molecule has 0 saturated heterocycles. The second-order valence-electron chi connectivity index (χ2n) is 5.71. The quantitative estimate of drug-likeness (QED) is 0.575. The summed E-state index contributed by atoms with van der Waals surface area (Å²) in [7, 11) is 0. The third-order valence-electron chi connectivity index (χ3n) is 4.26. The molecule has 0 N–H and O–H groups in total. The molecule has 0 amide bonds. The highest BCUT2D eigenvalue weighted by Gasteiger charge is 2.20. The van der Waals surface area contributed by atoms with Crippen LogP contribution in [0.25, 0.3) is 28.1 Å². The van der Waals surface area contributed by atoms with E-state index in [0.29, 0.717) is 5.92 Å². The lowest BCUT2D eigenvalue weighted by Crippen LogP contribution is -2.05. The van der Waals surface area contributed by atoms with Gasteiger partial charge in [0.15, 0.2) is 0 Å². The molecule has 3 aromatic rings. The Balaban J connectivity index is 2.15. The zero-order valence-electron chi connectivity index (χ0n) is 12.1. The molecule has 1 aromatic heterocycles. The van der Waals surface area contributed by atoms with Crippen LogP contribution >= 0.6 is 0 Å². The Hall–Kier alpha value is -2.41. The summed E-state index contributed by atoms with van der Waals surface area (Å²) in [4.78, 5) is 4.93. The Morgan fingerprint density at radius 2 is 1.71 bits per heavy atom. The fourth-order valence-electron chi connectivity index (χ4n) is 3.21. The first-order chi connectivity index (χ1) is 10.3. The molecule has 2 aromatic carbocycles. The molecule has 4 rings (SSSR count). The van der Waals surface area contributed by atoms with Gasteiger partial charge in [0.1, 0.15) is 0 Å². The van der Waals surface area contributed by atoms with E-state index >= 15 is 0 Å². The normalized spacial score (nSPS) is 16.9. The van der Waals surface area contributed by atoms with Crippen molar-refractivity contribution in [2.24, 2.45) is 0 Å². The van der Waals surface area contributed by atoms with Crippen LogP contribution in [0.4, 0.5) is 0 Å². The standard InChI is InChI=1S/C20H17N/c1-14-8-7-12-17-19(15-9-3-2-4-10-15)16-11-5-6-13-18(16)21-20(14)17/h2-7,9-14H,8H2,1H3. The van der Waals surface area contributed by atoms with Crippen molar-refractivity contribution in [1.82, 2.24) is 4.98 Å². The average Bonchev–Trinajstić information content (AvgIpc) is 2.54. The third-order valence-corrected chi connectivity index (χ3v) is 4.26. The second-order valence-corrected chi connectivity index (χ2v) is 5.71. The van der Waals surface area contributed by atoms with Crippen molar-refractivity contribution in [2.45, 2.75) is 19.3 Å². The number of hydrogen-bond acceptors (Lipinski definition) is 1. The number of pyridine rings is 1. The summed E-state index contributed by atoms with van der Waals surface area (Å²) in [6.45, 7) is 2.26. The number of nitrogens with zero attached hydrogens (tertiary/aromatic N) is 1. The van der Waals surface area contributed by atoms with E-state index in [-0.39, 0.29) is 0 Å². The molecular formula is C20H17N. The van der Waals surface area contributed by atoms with E-state index in [9.17, 15) is 0 Å². The zero-order chi connectivity index (χ0) is 14.2. The largest absolute Gasteiger partial charge is 0.252 e. The van der Waals surface area contributed by atoms with E-state index in [4.69, 9.17) is 4.98 Å². The molecule has 0 radical (unpaired) electrons. The van der Waals surface area contributed by atoms with Gasteiger partial charge in [-0.3, -0.25) is 4.98 Å². The molecule has 0 spiro atoms. The van der Waals surface area contributed by atoms with Crippen molar-refractivity contribution in [3.8, 4) is 11.1 Å². The smallest absolute Gasteiger partial charge is 0.0712 e. The van der Waals surface area contributed by atoms with Crippen LogP contribution in [-0.4, -0.2) is 4.98 Å². The Morgan fingerprint density at radius 3 is 2.57 bits per heavy atom. The summed E-state index contributed by atoms with van der Waals surface area (Å²) in [5.41, 5.74) is 6.20. The van der Waals surface area contributed by atoms with Gasteiger partial charge in [-0.25, -0.2) is 0 Å². The maximum atomic E-state index is 4.93. The Morgan fingerprint density at radius 1 is 0.952 bits per heavy atom. The van der Waals surface area contributed by atoms with Gasteiger partial charge in [0.25, 0.3) is 0 Å². The fourth-order valence-corrected chi connectivity index (χ4v) is 3.21. The van der Waals surface area contributed by atoms with Gasteiger partial charge in [0, 0.05) is 22.4 Å². The number of rotatable bonds is 1. The molecule has 0 saturated carbocycles. The van der Waals surface area contributed by atoms with Crippen molar-refractivity contribution in [3.63, 3.8) is 0 Å². The molecule has 1 heterocycles. The highest BCUT2D eigenvalue weighted by molar-refractivity contribution is 5.99. The predicted octanol–water partition coefficient (Wildman–Crippen LogP) is 5.42. The Labute approximate surface area is 125 Å². The van der Waals surface area contributed by atoms with Gasteiger partial charge in [-0.05, 0) is 18.1 Å². The van der Waals surface area contributed by atoms with Crippen LogP contribution in [0.5, 0.6) is 0 Å². The maximum Gasteiger partial charge on any atom is 0.0712 e. The lowest BCUT2D eigenvalue weighted by atomic mass is 9.86. The minimum Gasteiger partial charge on any atom is -0.252 e. The SMILES string of the molecule is CC1CC=Cc2c1nc1ccccc1c2-c1ccccc1. The van der Waals surface area contributed by atoms with Gasteiger partial charge in [-0.2, -0.15) is 0 Å².